The quantitative estimate of drug-likeness (QED) is 0.791. The smallest absolute Gasteiger partial charge is 0.0637 e. The van der Waals surface area contributed by atoms with E-state index in [4.69, 9.17) is 4.74 Å². The van der Waals surface area contributed by atoms with Crippen molar-refractivity contribution in [3.05, 3.63) is 0 Å². The third-order valence-corrected chi connectivity index (χ3v) is 4.07. The monoisotopic (exact) mass is 226 g/mol. The summed E-state index contributed by atoms with van der Waals surface area (Å²) in [5.74, 6) is 0. The SMILES string of the molecule is CCNC1CCOCC1N1CCCCC1C. The van der Waals surface area contributed by atoms with Crippen LogP contribution in [0.2, 0.25) is 0 Å². The molecule has 0 aliphatic carbocycles. The standard InChI is InChI=1S/C13H26N2O/c1-3-14-12-7-9-16-10-13(12)15-8-5-4-6-11(15)2/h11-14H,3-10H2,1-2H3. The number of hydrogen-bond acceptors (Lipinski definition) is 3. The molecule has 0 saturated carbocycles. The van der Waals surface area contributed by atoms with Crippen LogP contribution in [0.5, 0.6) is 0 Å². The molecule has 0 aromatic carbocycles. The Morgan fingerprint density at radius 2 is 2.19 bits per heavy atom. The zero-order valence-electron chi connectivity index (χ0n) is 10.7. The van der Waals surface area contributed by atoms with Crippen LogP contribution in [-0.2, 0) is 4.74 Å². The van der Waals surface area contributed by atoms with E-state index in [0.29, 0.717) is 12.1 Å². The normalized spacial score (nSPS) is 37.5. The first-order valence-electron chi connectivity index (χ1n) is 6.89. The van der Waals surface area contributed by atoms with Gasteiger partial charge in [0.1, 0.15) is 0 Å². The van der Waals surface area contributed by atoms with Crippen LogP contribution in [0.1, 0.15) is 39.5 Å². The highest BCUT2D eigenvalue weighted by molar-refractivity contribution is 4.90. The molecule has 16 heavy (non-hydrogen) atoms. The second-order valence-corrected chi connectivity index (χ2v) is 5.18. The highest BCUT2D eigenvalue weighted by atomic mass is 16.5. The molecule has 0 aromatic rings. The van der Waals surface area contributed by atoms with E-state index >= 15 is 0 Å². The van der Waals surface area contributed by atoms with Crippen LogP contribution in [0, 0.1) is 0 Å². The second kappa shape index (κ2) is 5.99. The Morgan fingerprint density at radius 3 is 2.94 bits per heavy atom. The minimum Gasteiger partial charge on any atom is -0.380 e. The molecule has 0 aromatic heterocycles. The number of nitrogens with one attached hydrogen (secondary N) is 1. The van der Waals surface area contributed by atoms with Gasteiger partial charge in [0.2, 0.25) is 0 Å². The summed E-state index contributed by atoms with van der Waals surface area (Å²) in [5.41, 5.74) is 0. The van der Waals surface area contributed by atoms with Crippen molar-refractivity contribution in [1.82, 2.24) is 10.2 Å². The second-order valence-electron chi connectivity index (χ2n) is 5.18. The molecule has 1 N–H and O–H groups in total. The van der Waals surface area contributed by atoms with Gasteiger partial charge in [0.15, 0.2) is 0 Å². The fourth-order valence-electron chi connectivity index (χ4n) is 3.16. The Hall–Kier alpha value is -0.120. The molecule has 2 aliphatic rings. The Balaban J connectivity index is 1.97. The van der Waals surface area contributed by atoms with Gasteiger partial charge in [0.05, 0.1) is 6.61 Å². The highest BCUT2D eigenvalue weighted by Gasteiger charge is 2.33. The van der Waals surface area contributed by atoms with Crippen LogP contribution in [0.4, 0.5) is 0 Å². The third kappa shape index (κ3) is 2.76. The first-order valence-corrected chi connectivity index (χ1v) is 6.89. The predicted octanol–water partition coefficient (Wildman–Crippen LogP) is 1.63. The van der Waals surface area contributed by atoms with E-state index in [-0.39, 0.29) is 0 Å². The molecule has 3 nitrogen and oxygen atoms in total. The molecule has 2 rings (SSSR count). The van der Waals surface area contributed by atoms with Crippen LogP contribution in [0.15, 0.2) is 0 Å². The minimum absolute atomic E-state index is 0.601. The van der Waals surface area contributed by atoms with Crippen molar-refractivity contribution in [3.8, 4) is 0 Å². The molecular weight excluding hydrogens is 200 g/mol. The van der Waals surface area contributed by atoms with Gasteiger partial charge in [-0.25, -0.2) is 0 Å². The van der Waals surface area contributed by atoms with Crippen molar-refractivity contribution in [3.63, 3.8) is 0 Å². The molecule has 0 radical (unpaired) electrons. The summed E-state index contributed by atoms with van der Waals surface area (Å²) in [7, 11) is 0. The van der Waals surface area contributed by atoms with Crippen LogP contribution in [0.25, 0.3) is 0 Å². The maximum absolute atomic E-state index is 5.68. The summed E-state index contributed by atoms with van der Waals surface area (Å²) in [6, 6.07) is 1.98. The van der Waals surface area contributed by atoms with Crippen LogP contribution in [-0.4, -0.2) is 49.3 Å². The maximum Gasteiger partial charge on any atom is 0.0637 e. The highest BCUT2D eigenvalue weighted by Crippen LogP contribution is 2.23. The van der Waals surface area contributed by atoms with Gasteiger partial charge in [-0.05, 0) is 39.3 Å². The van der Waals surface area contributed by atoms with Crippen molar-refractivity contribution in [2.75, 3.05) is 26.3 Å². The van der Waals surface area contributed by atoms with E-state index in [1.807, 2.05) is 0 Å². The fraction of sp³-hybridized carbons (Fsp3) is 1.00. The van der Waals surface area contributed by atoms with Crippen molar-refractivity contribution >= 4 is 0 Å². The molecule has 3 unspecified atom stereocenters. The molecule has 3 heteroatoms. The lowest BCUT2D eigenvalue weighted by molar-refractivity contribution is -0.0261. The number of ether oxygens (including phenoxy) is 1. The molecule has 0 amide bonds. The number of nitrogens with zero attached hydrogens (tertiary/aromatic N) is 1. The third-order valence-electron chi connectivity index (χ3n) is 4.07. The van der Waals surface area contributed by atoms with Gasteiger partial charge in [0.25, 0.3) is 0 Å². The van der Waals surface area contributed by atoms with Crippen LogP contribution >= 0.6 is 0 Å². The van der Waals surface area contributed by atoms with E-state index < -0.39 is 0 Å². The van der Waals surface area contributed by atoms with E-state index in [9.17, 15) is 0 Å². The van der Waals surface area contributed by atoms with Crippen molar-refractivity contribution < 1.29 is 4.74 Å². The molecule has 2 fully saturated rings. The van der Waals surface area contributed by atoms with Gasteiger partial charge < -0.3 is 10.1 Å². The largest absolute Gasteiger partial charge is 0.380 e. The van der Waals surface area contributed by atoms with Gasteiger partial charge in [-0.15, -0.1) is 0 Å². The van der Waals surface area contributed by atoms with Crippen molar-refractivity contribution in [2.24, 2.45) is 0 Å². The summed E-state index contributed by atoms with van der Waals surface area (Å²) >= 11 is 0. The molecule has 94 valence electrons. The number of likely N-dealkylation sites (N-methyl/N-ethyl adjacent to an activating group) is 1. The average Bonchev–Trinajstić information content (AvgIpc) is 2.31. The van der Waals surface area contributed by atoms with Gasteiger partial charge in [-0.1, -0.05) is 13.3 Å². The zero-order chi connectivity index (χ0) is 11.4. The van der Waals surface area contributed by atoms with E-state index in [1.54, 1.807) is 0 Å². The lowest BCUT2D eigenvalue weighted by Gasteiger charge is -2.45. The van der Waals surface area contributed by atoms with E-state index in [0.717, 1.165) is 25.8 Å². The van der Waals surface area contributed by atoms with Gasteiger partial charge in [0, 0.05) is 24.7 Å². The lowest BCUT2D eigenvalue weighted by atomic mass is 9.95. The predicted molar refractivity (Wildman–Crippen MR) is 66.7 cm³/mol. The number of hydrogen-bond donors (Lipinski definition) is 1. The first-order chi connectivity index (χ1) is 7.83. The first kappa shape index (κ1) is 12.3. The minimum atomic E-state index is 0.601. The maximum atomic E-state index is 5.68. The summed E-state index contributed by atoms with van der Waals surface area (Å²) in [4.78, 5) is 2.68. The molecule has 3 atom stereocenters. The van der Waals surface area contributed by atoms with Gasteiger partial charge in [-0.2, -0.15) is 0 Å². The summed E-state index contributed by atoms with van der Waals surface area (Å²) in [5, 5.41) is 3.63. The summed E-state index contributed by atoms with van der Waals surface area (Å²) in [6.07, 6.45) is 5.29. The van der Waals surface area contributed by atoms with Crippen LogP contribution in [0.3, 0.4) is 0 Å². The molecule has 2 aliphatic heterocycles. The Labute approximate surface area is 99.5 Å². The number of rotatable bonds is 3. The Morgan fingerprint density at radius 1 is 1.31 bits per heavy atom. The van der Waals surface area contributed by atoms with E-state index in [1.165, 1.54) is 32.2 Å². The Kier molecular flexibility index (Phi) is 4.62. The van der Waals surface area contributed by atoms with Crippen molar-refractivity contribution in [2.45, 2.75) is 57.7 Å². The molecular formula is C13H26N2O. The van der Waals surface area contributed by atoms with Gasteiger partial charge >= 0.3 is 0 Å². The lowest BCUT2D eigenvalue weighted by Crippen LogP contribution is -2.58. The Bertz CT molecular complexity index is 208. The average molecular weight is 226 g/mol. The molecule has 2 heterocycles. The zero-order valence-corrected chi connectivity index (χ0v) is 10.7. The number of likely N-dealkylation sites (tertiary alicyclic amines) is 1. The number of piperidine rings is 1. The molecule has 0 spiro atoms. The van der Waals surface area contributed by atoms with E-state index in [2.05, 4.69) is 24.1 Å². The van der Waals surface area contributed by atoms with Crippen LogP contribution < -0.4 is 5.32 Å². The van der Waals surface area contributed by atoms with Crippen molar-refractivity contribution in [1.29, 1.82) is 0 Å². The fourth-order valence-corrected chi connectivity index (χ4v) is 3.16. The summed E-state index contributed by atoms with van der Waals surface area (Å²) in [6.45, 7) is 8.75. The molecule has 2 saturated heterocycles. The summed E-state index contributed by atoms with van der Waals surface area (Å²) < 4.78 is 5.68. The van der Waals surface area contributed by atoms with Gasteiger partial charge in [-0.3, -0.25) is 4.90 Å². The molecule has 0 bridgehead atoms. The topological polar surface area (TPSA) is 24.5 Å².